The van der Waals surface area contributed by atoms with E-state index in [0.29, 0.717) is 11.6 Å². The summed E-state index contributed by atoms with van der Waals surface area (Å²) in [7, 11) is 1.16. The molecule has 0 atom stereocenters. The van der Waals surface area contributed by atoms with Crippen molar-refractivity contribution in [2.45, 2.75) is 25.3 Å². The molecule has 0 unspecified atom stereocenters. The zero-order chi connectivity index (χ0) is 32.7. The van der Waals surface area contributed by atoms with Gasteiger partial charge in [-0.05, 0) is 59.3 Å². The number of anilines is 1. The quantitative estimate of drug-likeness (QED) is 0.222. The fourth-order valence-corrected chi connectivity index (χ4v) is 4.41. The number of H-pyrrole nitrogens is 1. The third kappa shape index (κ3) is 6.91. The minimum atomic E-state index is -5.20. The molecule has 0 saturated heterocycles. The molecule has 0 aliphatic rings. The van der Waals surface area contributed by atoms with Gasteiger partial charge in [0.15, 0.2) is 0 Å². The fourth-order valence-electron chi connectivity index (χ4n) is 4.41. The van der Waals surface area contributed by atoms with E-state index in [9.17, 15) is 44.3 Å². The van der Waals surface area contributed by atoms with E-state index >= 15 is 0 Å². The predicted octanol–water partition coefficient (Wildman–Crippen LogP) is 5.96. The van der Waals surface area contributed by atoms with Gasteiger partial charge in [-0.2, -0.15) is 31.6 Å². The maximum absolute atomic E-state index is 14.1. The maximum Gasteiger partial charge on any atom is 0.573 e. The summed E-state index contributed by atoms with van der Waals surface area (Å²) < 4.78 is 127. The summed E-state index contributed by atoms with van der Waals surface area (Å²) in [6, 6.07) is 10.1. The third-order valence-electron chi connectivity index (χ3n) is 6.32. The molecule has 0 saturated carbocycles. The van der Waals surface area contributed by atoms with Crippen LogP contribution in [0.4, 0.5) is 51.1 Å². The van der Waals surface area contributed by atoms with Gasteiger partial charge in [-0.1, -0.05) is 17.2 Å². The van der Waals surface area contributed by atoms with Crippen LogP contribution in [-0.4, -0.2) is 42.0 Å². The molecule has 0 aliphatic carbocycles. The van der Waals surface area contributed by atoms with Gasteiger partial charge in [-0.3, -0.25) is 10.1 Å². The molecular formula is C26H17F9N8O2. The van der Waals surface area contributed by atoms with Crippen LogP contribution in [0.2, 0.25) is 0 Å². The summed E-state index contributed by atoms with van der Waals surface area (Å²) in [6.45, 7) is -0.323. The van der Waals surface area contributed by atoms with E-state index in [2.05, 4.69) is 35.7 Å². The summed E-state index contributed by atoms with van der Waals surface area (Å²) in [4.78, 5) is 16.7. The molecule has 0 radical (unpaired) electrons. The minimum Gasteiger partial charge on any atom is -0.406 e. The lowest BCUT2D eigenvalue weighted by atomic mass is 10.1. The largest absolute Gasteiger partial charge is 0.573 e. The monoisotopic (exact) mass is 644 g/mol. The van der Waals surface area contributed by atoms with Crippen molar-refractivity contribution < 1.29 is 49.0 Å². The smallest absolute Gasteiger partial charge is 0.406 e. The van der Waals surface area contributed by atoms with Crippen molar-refractivity contribution in [2.75, 3.05) is 5.32 Å². The lowest BCUT2D eigenvalue weighted by Gasteiger charge is -2.14. The van der Waals surface area contributed by atoms with Crippen LogP contribution in [0.25, 0.3) is 11.0 Å². The Labute approximate surface area is 244 Å². The van der Waals surface area contributed by atoms with Crippen LogP contribution in [0, 0.1) is 0 Å². The normalized spacial score (nSPS) is 13.0. The summed E-state index contributed by atoms with van der Waals surface area (Å²) in [5, 5.41) is 15.0. The number of nitrogens with one attached hydrogen (secondary N) is 2. The van der Waals surface area contributed by atoms with E-state index < -0.39 is 52.5 Å². The number of hydrogen-bond acceptors (Lipinski definition) is 6. The number of benzene rings is 3. The molecule has 5 aromatic rings. The van der Waals surface area contributed by atoms with Crippen LogP contribution < -0.4 is 15.7 Å². The molecule has 0 aliphatic heterocycles. The fraction of sp³-hybridized carbons (Fsp3) is 0.192. The highest BCUT2D eigenvalue weighted by molar-refractivity contribution is 6.03. The number of halogens is 9. The topological polar surface area (TPSA) is 115 Å². The van der Waals surface area contributed by atoms with Crippen LogP contribution in [0.1, 0.15) is 27.0 Å². The summed E-state index contributed by atoms with van der Waals surface area (Å²) in [6.07, 6.45) is -15.3. The number of aromatic amines is 1. The molecule has 0 bridgehead atoms. The van der Waals surface area contributed by atoms with E-state index in [-0.39, 0.29) is 35.4 Å². The second-order valence-electron chi connectivity index (χ2n) is 9.37. The third-order valence-corrected chi connectivity index (χ3v) is 6.32. The molecule has 45 heavy (non-hydrogen) atoms. The first kappa shape index (κ1) is 31.1. The Hall–Kier alpha value is -5.36. The van der Waals surface area contributed by atoms with Crippen molar-refractivity contribution in [1.82, 2.24) is 29.8 Å². The second kappa shape index (κ2) is 11.3. The Morgan fingerprint density at radius 1 is 0.933 bits per heavy atom. The average Bonchev–Trinajstić information content (AvgIpc) is 3.54. The SMILES string of the molecule is Cn1c(=Nc2ccc(OC(F)(F)F)cc2)n(Cc2ccc(C(=O)Nc3nn[nH]n3)cc2)c2cc(C(F)(F)F)cc(C(F)(F)F)c21. The summed E-state index contributed by atoms with van der Waals surface area (Å²) >= 11 is 0. The van der Waals surface area contributed by atoms with Crippen molar-refractivity contribution >= 4 is 28.6 Å². The highest BCUT2D eigenvalue weighted by Crippen LogP contribution is 2.40. The van der Waals surface area contributed by atoms with Gasteiger partial charge in [-0.25, -0.2) is 4.99 Å². The summed E-state index contributed by atoms with van der Waals surface area (Å²) in [5.74, 6) is -1.33. The number of nitrogens with zero attached hydrogens (tertiary/aromatic N) is 6. The molecule has 2 heterocycles. The van der Waals surface area contributed by atoms with Gasteiger partial charge in [0.05, 0.1) is 34.4 Å². The molecule has 0 fully saturated rings. The Balaban J connectivity index is 1.65. The van der Waals surface area contributed by atoms with Gasteiger partial charge in [0.25, 0.3) is 11.9 Å². The maximum atomic E-state index is 14.1. The molecule has 2 N–H and O–H groups in total. The minimum absolute atomic E-state index is 0.00311. The number of aryl methyl sites for hydroxylation is 1. The Bertz CT molecular complexity index is 1900. The van der Waals surface area contributed by atoms with E-state index in [1.807, 2.05) is 0 Å². The molecule has 10 nitrogen and oxygen atoms in total. The number of alkyl halides is 9. The molecule has 1 amide bonds. The predicted molar refractivity (Wildman–Crippen MR) is 137 cm³/mol. The Kier molecular flexibility index (Phi) is 7.80. The van der Waals surface area contributed by atoms with Gasteiger partial charge >= 0.3 is 18.7 Å². The number of tetrazole rings is 1. The molecule has 0 spiro atoms. The zero-order valence-corrected chi connectivity index (χ0v) is 22.4. The highest BCUT2D eigenvalue weighted by atomic mass is 19.4. The van der Waals surface area contributed by atoms with Crippen molar-refractivity contribution in [3.63, 3.8) is 0 Å². The lowest BCUT2D eigenvalue weighted by molar-refractivity contribution is -0.274. The van der Waals surface area contributed by atoms with E-state index in [0.717, 1.165) is 40.4 Å². The number of fused-ring (bicyclic) bond motifs is 1. The number of hydrogen-bond donors (Lipinski definition) is 2. The number of aromatic nitrogens is 6. The number of rotatable bonds is 6. The van der Waals surface area contributed by atoms with Crippen LogP contribution in [0.5, 0.6) is 5.75 Å². The van der Waals surface area contributed by atoms with Gasteiger partial charge in [0, 0.05) is 12.6 Å². The van der Waals surface area contributed by atoms with Crippen molar-refractivity contribution in [3.8, 4) is 5.75 Å². The Morgan fingerprint density at radius 3 is 2.16 bits per heavy atom. The van der Waals surface area contributed by atoms with Crippen molar-refractivity contribution in [2.24, 2.45) is 12.0 Å². The van der Waals surface area contributed by atoms with Crippen molar-refractivity contribution in [3.05, 3.63) is 88.5 Å². The van der Waals surface area contributed by atoms with Gasteiger partial charge in [-0.15, -0.1) is 18.3 Å². The molecule has 236 valence electrons. The van der Waals surface area contributed by atoms with Crippen LogP contribution >= 0.6 is 0 Å². The van der Waals surface area contributed by atoms with Gasteiger partial charge in [0.2, 0.25) is 5.62 Å². The summed E-state index contributed by atoms with van der Waals surface area (Å²) in [5.41, 5.74) is -4.07. The van der Waals surface area contributed by atoms with E-state index in [4.69, 9.17) is 0 Å². The van der Waals surface area contributed by atoms with Gasteiger partial charge in [0.1, 0.15) is 5.75 Å². The molecule has 19 heteroatoms. The van der Waals surface area contributed by atoms with Crippen LogP contribution in [0.3, 0.4) is 0 Å². The number of carbonyl (C=O) groups is 1. The number of carbonyl (C=O) groups excluding carboxylic acids is 1. The number of amides is 1. The first-order valence-corrected chi connectivity index (χ1v) is 12.4. The van der Waals surface area contributed by atoms with Crippen LogP contribution in [0.15, 0.2) is 65.7 Å². The first-order valence-electron chi connectivity index (χ1n) is 12.4. The second-order valence-corrected chi connectivity index (χ2v) is 9.37. The first-order chi connectivity index (χ1) is 21.0. The Morgan fingerprint density at radius 2 is 1.60 bits per heavy atom. The number of imidazole rings is 1. The molecule has 3 aromatic carbocycles. The highest BCUT2D eigenvalue weighted by Gasteiger charge is 2.40. The zero-order valence-electron chi connectivity index (χ0n) is 22.4. The van der Waals surface area contributed by atoms with Gasteiger partial charge < -0.3 is 13.9 Å². The number of ether oxygens (including phenoxy) is 1. The van der Waals surface area contributed by atoms with Crippen LogP contribution in [-0.2, 0) is 25.9 Å². The van der Waals surface area contributed by atoms with E-state index in [1.54, 1.807) is 0 Å². The molecular weight excluding hydrogens is 627 g/mol. The lowest BCUT2D eigenvalue weighted by Crippen LogP contribution is -2.25. The van der Waals surface area contributed by atoms with Crippen molar-refractivity contribution in [1.29, 1.82) is 0 Å². The molecule has 5 rings (SSSR count). The molecule has 2 aromatic heterocycles. The standard InChI is InChI=1S/C26H17F9N8O2/c1-42-20-18(25(30,31)32)10-15(24(27,28)29)11-19(20)43(23(42)36-16-6-8-17(9-7-16)45-26(33,34)35)12-13-2-4-14(5-3-13)21(44)37-22-38-40-41-39-22/h2-11H,12H2,1H3,(H2,37,38,39,40,41,44). The average molecular weight is 644 g/mol. The van der Waals surface area contributed by atoms with E-state index in [1.165, 1.54) is 24.3 Å².